The average molecular weight is 1130 g/mol. The Balaban J connectivity index is 1.44. The molecule has 20 atom stereocenters. The molecular weight excluding hydrogens is 1040 g/mol. The predicted molar refractivity (Wildman–Crippen MR) is 293 cm³/mol. The second-order valence-electron chi connectivity index (χ2n) is 23.3. The summed E-state index contributed by atoms with van der Waals surface area (Å²) >= 11 is 0. The molecule has 80 heavy (non-hydrogen) atoms. The number of hydrogen-bond acceptors (Lipinski definition) is 20. The van der Waals surface area contributed by atoms with Crippen molar-refractivity contribution in [1.29, 1.82) is 0 Å². The number of methoxy groups -OCH3 is 4. The molecule has 0 radical (unpaired) electrons. The molecule has 2 aliphatic carbocycles. The van der Waals surface area contributed by atoms with Gasteiger partial charge < -0.3 is 68.2 Å². The fraction of sp³-hybridized carbons (Fsp3) is 0.783. The highest BCUT2D eigenvalue weighted by atomic mass is 16.9. The Morgan fingerprint density at radius 2 is 1.56 bits per heavy atom. The first-order valence-electron chi connectivity index (χ1n) is 29.0. The zero-order chi connectivity index (χ0) is 59.2. The van der Waals surface area contributed by atoms with Crippen LogP contribution < -0.4 is 0 Å². The van der Waals surface area contributed by atoms with E-state index in [2.05, 4.69) is 0 Å². The van der Waals surface area contributed by atoms with Gasteiger partial charge in [-0.25, -0.2) is 4.79 Å². The summed E-state index contributed by atoms with van der Waals surface area (Å²) in [6.45, 7) is 14.8. The zero-order valence-corrected chi connectivity index (χ0v) is 49.4. The van der Waals surface area contributed by atoms with Crippen LogP contribution in [0.1, 0.15) is 145 Å². The molecule has 0 bridgehead atoms. The van der Waals surface area contributed by atoms with Crippen LogP contribution in [0.4, 0.5) is 4.79 Å². The molecule has 0 amide bonds. The lowest BCUT2D eigenvalue weighted by atomic mass is 9.78. The molecule has 5 N–H and O–H groups in total. The quantitative estimate of drug-likeness (QED) is 0.0808. The lowest BCUT2D eigenvalue weighted by Gasteiger charge is -2.42. The first kappa shape index (κ1) is 67.0. The van der Waals surface area contributed by atoms with Crippen molar-refractivity contribution in [2.45, 2.75) is 230 Å². The number of nitrogens with zero attached hydrogens (tertiary/aromatic N) is 1. The second-order valence-corrected chi connectivity index (χ2v) is 23.3. The van der Waals surface area contributed by atoms with E-state index in [1.165, 1.54) is 21.3 Å². The van der Waals surface area contributed by atoms with Crippen LogP contribution in [-0.2, 0) is 61.8 Å². The molecular formula is C60H95NO19. The van der Waals surface area contributed by atoms with Crippen LogP contribution in [0.2, 0.25) is 0 Å². The summed E-state index contributed by atoms with van der Waals surface area (Å²) in [4.78, 5) is 72.5. The number of ketones is 3. The van der Waals surface area contributed by atoms with Crippen molar-refractivity contribution in [1.82, 2.24) is 4.90 Å². The third-order valence-electron chi connectivity index (χ3n) is 17.1. The van der Waals surface area contributed by atoms with E-state index in [0.29, 0.717) is 76.2 Å². The van der Waals surface area contributed by atoms with Gasteiger partial charge in [-0.2, -0.15) is 0 Å². The predicted octanol–water partition coefficient (Wildman–Crippen LogP) is 6.35. The highest BCUT2D eigenvalue weighted by Crippen LogP contribution is 2.47. The number of piperidine rings is 1. The molecule has 4 fully saturated rings. The van der Waals surface area contributed by atoms with E-state index in [0.717, 1.165) is 5.57 Å². The van der Waals surface area contributed by atoms with Crippen molar-refractivity contribution in [3.05, 3.63) is 47.6 Å². The molecule has 5 rings (SSSR count). The Hall–Kier alpha value is -3.77. The zero-order valence-electron chi connectivity index (χ0n) is 49.4. The van der Waals surface area contributed by atoms with Crippen molar-refractivity contribution >= 4 is 29.5 Å². The van der Waals surface area contributed by atoms with Gasteiger partial charge in [-0.05, 0) is 101 Å². The number of esters is 1. The van der Waals surface area contributed by atoms with E-state index in [1.54, 1.807) is 45.8 Å². The van der Waals surface area contributed by atoms with Gasteiger partial charge in [-0.3, -0.25) is 24.1 Å². The molecule has 0 aromatic rings. The maximum absolute atomic E-state index is 14.8. The summed E-state index contributed by atoms with van der Waals surface area (Å²) in [5, 5.41) is 55.5. The number of carbonyl (C=O) groups excluding carboxylic acids is 5. The Kier molecular flexibility index (Phi) is 25.7. The van der Waals surface area contributed by atoms with E-state index in [1.807, 2.05) is 58.1 Å². The fourth-order valence-electron chi connectivity index (χ4n) is 12.0. The topological polar surface area (TPSA) is 273 Å². The summed E-state index contributed by atoms with van der Waals surface area (Å²) in [5.74, 6) is -9.38. The normalized spacial score (nSPS) is 41.6. The van der Waals surface area contributed by atoms with Gasteiger partial charge in [-0.15, -0.1) is 0 Å². The van der Waals surface area contributed by atoms with E-state index in [4.69, 9.17) is 42.6 Å². The van der Waals surface area contributed by atoms with E-state index in [9.17, 15) is 49.5 Å². The van der Waals surface area contributed by atoms with Crippen molar-refractivity contribution in [3.8, 4) is 0 Å². The Labute approximate surface area is 473 Å². The van der Waals surface area contributed by atoms with Gasteiger partial charge in [-0.1, -0.05) is 90.8 Å². The van der Waals surface area contributed by atoms with Gasteiger partial charge in [0.05, 0.1) is 30.5 Å². The minimum atomic E-state index is -2.80. The second kappa shape index (κ2) is 30.7. The Morgan fingerprint density at radius 1 is 0.838 bits per heavy atom. The number of Topliss-reactive ketones (excluding diaryl/α,β-unsaturated/α-hetero) is 3. The van der Waals surface area contributed by atoms with E-state index < -0.39 is 121 Å². The number of cyclic esters (lactones) is 1. The lowest BCUT2D eigenvalue weighted by Crippen LogP contribution is -2.60. The number of fused-ring (bicyclic) bond motifs is 2. The monoisotopic (exact) mass is 1130 g/mol. The summed E-state index contributed by atoms with van der Waals surface area (Å²) in [7, 11) is 5.76. The number of rotatable bonds is 12. The SMILES string of the molecule is CCC[C@H]1C[C@H](OC)/C(C)=C/C=C/C=C/[C@@H](C)C[C@@H](C)C(=O)[C@H](OC)[C@H](O)/C(C)=C/[C@@H](C)C(=O)C[C@@H]([C@H](C)C[C@H]2CC[C@@H](OC(=O)O[C@@]3(O)OC4C[C@@H]4C(O)C3O)[C@H](OC)C2)OC(=O)[C@@H]2CCCCN2C(OC)C(=O)[C@@](O)(CC)O1. The van der Waals surface area contributed by atoms with Gasteiger partial charge in [0.25, 0.3) is 0 Å². The number of ether oxygens (including phenoxy) is 9. The number of hydrogen-bond donors (Lipinski definition) is 5. The number of aliphatic hydroxyl groups excluding tert-OH is 3. The van der Waals surface area contributed by atoms with Gasteiger partial charge in [0.1, 0.15) is 36.2 Å². The van der Waals surface area contributed by atoms with E-state index >= 15 is 0 Å². The van der Waals surface area contributed by atoms with Gasteiger partial charge >= 0.3 is 18.1 Å². The lowest BCUT2D eigenvalue weighted by molar-refractivity contribution is -0.406. The van der Waals surface area contributed by atoms with Crippen molar-refractivity contribution < 1.29 is 92.1 Å². The largest absolute Gasteiger partial charge is 0.513 e. The molecule has 4 unspecified atom stereocenters. The standard InChI is InChI=1S/C60H95NO19/c1-13-20-41-31-46(72-9)35(4)22-17-15-16-21-34(3)27-38(7)50(63)53(74-11)51(64)39(8)28-36(5)44(62)33-47(76-57(68)43-23-18-19-26-61(43)56(75-12)55(67)59(70,14-2)78-41)37(6)29-40-24-25-45(49(30-40)73-10)77-58(69)80-60(71)54(66)52(65)42-32-48(42)79-60/h15-17,21-22,28,34,36-38,40-43,45-49,51-54,56,64-66,70-71H,13-14,18-20,23-27,29-33H2,1-12H3/b17-15+,21-16+,35-22+,39-28+/t34-,36-,37-,38-,40-,41+,42+,43+,45-,46+,47+,48?,49-,51-,52?,53+,54?,56?,59-,60+/m1/s1. The third-order valence-corrected chi connectivity index (χ3v) is 17.1. The van der Waals surface area contributed by atoms with Crippen LogP contribution in [-0.4, -0.2) is 180 Å². The minimum absolute atomic E-state index is 0.0112. The van der Waals surface area contributed by atoms with Crippen LogP contribution in [0.15, 0.2) is 47.6 Å². The maximum atomic E-state index is 14.8. The number of aliphatic hydroxyl groups is 5. The molecule has 2 saturated heterocycles. The first-order chi connectivity index (χ1) is 37.9. The molecule has 20 nitrogen and oxygen atoms in total. The van der Waals surface area contributed by atoms with Crippen LogP contribution in [0.5, 0.6) is 0 Å². The first-order valence-corrected chi connectivity index (χ1v) is 29.0. The van der Waals surface area contributed by atoms with Crippen molar-refractivity contribution in [2.24, 2.45) is 35.5 Å². The molecule has 0 aromatic heterocycles. The molecule has 0 spiro atoms. The van der Waals surface area contributed by atoms with Crippen LogP contribution in [0, 0.1) is 35.5 Å². The van der Waals surface area contributed by atoms with Crippen molar-refractivity contribution in [3.63, 3.8) is 0 Å². The van der Waals surface area contributed by atoms with Crippen LogP contribution in [0.25, 0.3) is 0 Å². The number of allylic oxidation sites excluding steroid dienone is 6. The molecule has 20 heteroatoms. The molecule has 2 saturated carbocycles. The highest BCUT2D eigenvalue weighted by molar-refractivity contribution is 5.90. The fourth-order valence-corrected chi connectivity index (χ4v) is 12.0. The minimum Gasteiger partial charge on any atom is -0.460 e. The van der Waals surface area contributed by atoms with Gasteiger partial charge in [0, 0.05) is 72.0 Å². The summed E-state index contributed by atoms with van der Waals surface area (Å²) in [6.07, 6.45) is 3.67. The maximum Gasteiger partial charge on any atom is 0.513 e. The summed E-state index contributed by atoms with van der Waals surface area (Å²) in [6, 6.07) is -1.01. The Morgan fingerprint density at radius 3 is 2.21 bits per heavy atom. The molecule has 0 aromatic carbocycles. The van der Waals surface area contributed by atoms with Crippen LogP contribution in [0.3, 0.4) is 0 Å². The van der Waals surface area contributed by atoms with Gasteiger partial charge in [0.2, 0.25) is 11.6 Å². The van der Waals surface area contributed by atoms with Crippen LogP contribution >= 0.6 is 0 Å². The van der Waals surface area contributed by atoms with Crippen molar-refractivity contribution in [2.75, 3.05) is 35.0 Å². The average Bonchev–Trinajstić information content (AvgIpc) is 4.39. The third kappa shape index (κ3) is 17.4. The molecule has 3 aliphatic heterocycles. The summed E-state index contributed by atoms with van der Waals surface area (Å²) < 4.78 is 52.1. The van der Waals surface area contributed by atoms with E-state index in [-0.39, 0.29) is 55.1 Å². The molecule has 454 valence electrons. The molecule has 5 aliphatic rings. The highest BCUT2D eigenvalue weighted by Gasteiger charge is 2.63. The number of carbonyl (C=O) groups is 5. The smallest absolute Gasteiger partial charge is 0.460 e. The molecule has 3 heterocycles. The van der Waals surface area contributed by atoms with Gasteiger partial charge in [0.15, 0.2) is 18.1 Å². The Bertz CT molecular complexity index is 2180. The summed E-state index contributed by atoms with van der Waals surface area (Å²) in [5.41, 5.74) is 1.24.